The van der Waals surface area contributed by atoms with E-state index < -0.39 is 6.10 Å². The molecule has 0 fully saturated rings. The van der Waals surface area contributed by atoms with Crippen molar-refractivity contribution in [2.75, 3.05) is 26.3 Å². The maximum atomic E-state index is 11.1. The average molecular weight is 247 g/mol. The molecule has 0 aromatic heterocycles. The lowest BCUT2D eigenvalue weighted by atomic mass is 10.1. The highest BCUT2D eigenvalue weighted by Crippen LogP contribution is 2.06. The molecule has 1 atom stereocenters. The van der Waals surface area contributed by atoms with E-state index in [0.29, 0.717) is 26.3 Å². The molecule has 0 rings (SSSR count). The van der Waals surface area contributed by atoms with E-state index in [-0.39, 0.29) is 18.0 Å². The molecule has 0 bridgehead atoms. The van der Waals surface area contributed by atoms with Gasteiger partial charge in [-0.2, -0.15) is 0 Å². The van der Waals surface area contributed by atoms with Gasteiger partial charge in [-0.1, -0.05) is 0 Å². The Labute approximate surface area is 103 Å². The summed E-state index contributed by atoms with van der Waals surface area (Å²) in [4.78, 5) is 11.1. The van der Waals surface area contributed by atoms with Crippen LogP contribution in [0, 0.1) is 0 Å². The van der Waals surface area contributed by atoms with Gasteiger partial charge in [-0.25, -0.2) is 0 Å². The van der Waals surface area contributed by atoms with Gasteiger partial charge >= 0.3 is 5.97 Å². The summed E-state index contributed by atoms with van der Waals surface area (Å²) < 4.78 is 10.2. The molecule has 0 aromatic rings. The first-order valence-corrected chi connectivity index (χ1v) is 6.09. The molecule has 102 valence electrons. The summed E-state index contributed by atoms with van der Waals surface area (Å²) in [6.45, 7) is 9.61. The third-order valence-corrected chi connectivity index (χ3v) is 2.17. The zero-order chi connectivity index (χ0) is 13.3. The monoisotopic (exact) mass is 247 g/mol. The van der Waals surface area contributed by atoms with Gasteiger partial charge < -0.3 is 19.9 Å². The molecule has 0 heterocycles. The largest absolute Gasteiger partial charge is 0.466 e. The highest BCUT2D eigenvalue weighted by molar-refractivity contribution is 5.69. The Balaban J connectivity index is 3.70. The second kappa shape index (κ2) is 8.44. The summed E-state index contributed by atoms with van der Waals surface area (Å²) in [5.74, 6) is -0.370. The van der Waals surface area contributed by atoms with Crippen molar-refractivity contribution in [2.45, 2.75) is 45.8 Å². The predicted molar refractivity (Wildman–Crippen MR) is 65.8 cm³/mol. The van der Waals surface area contributed by atoms with Crippen molar-refractivity contribution in [3.63, 3.8) is 0 Å². The fourth-order valence-electron chi connectivity index (χ4n) is 1.47. The Morgan fingerprint density at radius 3 is 2.53 bits per heavy atom. The molecule has 0 spiro atoms. The van der Waals surface area contributed by atoms with Gasteiger partial charge in [-0.05, 0) is 27.7 Å². The van der Waals surface area contributed by atoms with Gasteiger partial charge in [0, 0.05) is 19.7 Å². The van der Waals surface area contributed by atoms with Gasteiger partial charge in [0.1, 0.15) is 0 Å². The van der Waals surface area contributed by atoms with Crippen molar-refractivity contribution in [1.29, 1.82) is 0 Å². The topological polar surface area (TPSA) is 67.8 Å². The van der Waals surface area contributed by atoms with Gasteiger partial charge in [-0.15, -0.1) is 0 Å². The van der Waals surface area contributed by atoms with Crippen LogP contribution in [0.3, 0.4) is 0 Å². The smallest absolute Gasteiger partial charge is 0.308 e. The molecule has 0 saturated heterocycles. The summed E-state index contributed by atoms with van der Waals surface area (Å²) in [7, 11) is 0. The van der Waals surface area contributed by atoms with Crippen LogP contribution in [0.15, 0.2) is 0 Å². The lowest BCUT2D eigenvalue weighted by Crippen LogP contribution is -2.41. The number of esters is 1. The maximum absolute atomic E-state index is 11.1. The van der Waals surface area contributed by atoms with Crippen LogP contribution < -0.4 is 5.32 Å². The van der Waals surface area contributed by atoms with Crippen LogP contribution in [0.25, 0.3) is 0 Å². The van der Waals surface area contributed by atoms with Crippen molar-refractivity contribution < 1.29 is 19.4 Å². The summed E-state index contributed by atoms with van der Waals surface area (Å²) in [6, 6.07) is 0. The zero-order valence-electron chi connectivity index (χ0n) is 11.3. The van der Waals surface area contributed by atoms with E-state index in [1.807, 2.05) is 20.8 Å². The van der Waals surface area contributed by atoms with Crippen LogP contribution in [-0.4, -0.2) is 49.1 Å². The van der Waals surface area contributed by atoms with Crippen molar-refractivity contribution in [3.05, 3.63) is 0 Å². The second-order valence-corrected chi connectivity index (χ2v) is 4.49. The van der Waals surface area contributed by atoms with Crippen molar-refractivity contribution in [1.82, 2.24) is 5.32 Å². The first-order valence-electron chi connectivity index (χ1n) is 6.09. The van der Waals surface area contributed by atoms with Crippen LogP contribution >= 0.6 is 0 Å². The SMILES string of the molecule is CCOC(=O)CC(O)CNCC(C)(C)OCC. The summed E-state index contributed by atoms with van der Waals surface area (Å²) in [5.41, 5.74) is -0.265. The van der Waals surface area contributed by atoms with Gasteiger partial charge in [0.25, 0.3) is 0 Å². The standard InChI is InChI=1S/C12H25NO4/c1-5-16-11(15)7-10(14)8-13-9-12(3,4)17-6-2/h10,13-14H,5-9H2,1-4H3. The minimum atomic E-state index is -0.716. The molecule has 5 nitrogen and oxygen atoms in total. The lowest BCUT2D eigenvalue weighted by molar-refractivity contribution is -0.145. The van der Waals surface area contributed by atoms with E-state index in [1.54, 1.807) is 6.92 Å². The van der Waals surface area contributed by atoms with E-state index in [4.69, 9.17) is 9.47 Å². The average Bonchev–Trinajstić information content (AvgIpc) is 2.16. The Morgan fingerprint density at radius 2 is 2.00 bits per heavy atom. The third-order valence-electron chi connectivity index (χ3n) is 2.17. The number of carbonyl (C=O) groups is 1. The van der Waals surface area contributed by atoms with Crippen molar-refractivity contribution in [2.24, 2.45) is 0 Å². The maximum Gasteiger partial charge on any atom is 0.308 e. The quantitative estimate of drug-likeness (QED) is 0.587. The molecular formula is C12H25NO4. The molecule has 0 aromatic carbocycles. The molecule has 0 amide bonds. The van der Waals surface area contributed by atoms with E-state index in [9.17, 15) is 9.90 Å². The molecule has 17 heavy (non-hydrogen) atoms. The lowest BCUT2D eigenvalue weighted by Gasteiger charge is -2.25. The molecule has 0 aliphatic heterocycles. The summed E-state index contributed by atoms with van der Waals surface area (Å²) in [6.07, 6.45) is -0.693. The molecule has 0 radical (unpaired) electrons. The van der Waals surface area contributed by atoms with Gasteiger partial charge in [0.15, 0.2) is 0 Å². The highest BCUT2D eigenvalue weighted by Gasteiger charge is 2.18. The van der Waals surface area contributed by atoms with Crippen LogP contribution in [-0.2, 0) is 14.3 Å². The number of nitrogens with one attached hydrogen (secondary N) is 1. The molecule has 0 saturated carbocycles. The molecular weight excluding hydrogens is 222 g/mol. The number of ether oxygens (including phenoxy) is 2. The molecule has 2 N–H and O–H groups in total. The van der Waals surface area contributed by atoms with E-state index in [0.717, 1.165) is 0 Å². The van der Waals surface area contributed by atoms with Gasteiger partial charge in [0.05, 0.1) is 24.7 Å². The number of hydrogen-bond acceptors (Lipinski definition) is 5. The fraction of sp³-hybridized carbons (Fsp3) is 0.917. The Bertz CT molecular complexity index is 219. The zero-order valence-corrected chi connectivity index (χ0v) is 11.3. The minimum absolute atomic E-state index is 0.0237. The first-order chi connectivity index (χ1) is 7.91. The Morgan fingerprint density at radius 1 is 1.35 bits per heavy atom. The van der Waals surface area contributed by atoms with E-state index >= 15 is 0 Å². The Hall–Kier alpha value is -0.650. The first kappa shape index (κ1) is 16.4. The summed E-state index contributed by atoms with van der Waals surface area (Å²) in [5, 5.41) is 12.6. The number of hydrogen-bond donors (Lipinski definition) is 2. The van der Waals surface area contributed by atoms with Crippen LogP contribution in [0.1, 0.15) is 34.1 Å². The Kier molecular flexibility index (Phi) is 8.12. The second-order valence-electron chi connectivity index (χ2n) is 4.49. The predicted octanol–water partition coefficient (Wildman–Crippen LogP) is 0.705. The van der Waals surface area contributed by atoms with Crippen LogP contribution in [0.2, 0.25) is 0 Å². The van der Waals surface area contributed by atoms with Crippen molar-refractivity contribution in [3.8, 4) is 0 Å². The molecule has 0 aliphatic carbocycles. The van der Waals surface area contributed by atoms with Gasteiger partial charge in [-0.3, -0.25) is 4.79 Å². The fourth-order valence-corrected chi connectivity index (χ4v) is 1.47. The van der Waals surface area contributed by atoms with Gasteiger partial charge in [0.2, 0.25) is 0 Å². The summed E-state index contributed by atoms with van der Waals surface area (Å²) >= 11 is 0. The van der Waals surface area contributed by atoms with Crippen LogP contribution in [0.4, 0.5) is 0 Å². The number of aliphatic hydroxyl groups is 1. The third kappa shape index (κ3) is 9.09. The number of carbonyl (C=O) groups excluding carboxylic acids is 1. The van der Waals surface area contributed by atoms with Crippen molar-refractivity contribution >= 4 is 5.97 Å². The van der Waals surface area contributed by atoms with E-state index in [2.05, 4.69) is 5.32 Å². The highest BCUT2D eigenvalue weighted by atomic mass is 16.5. The molecule has 5 heteroatoms. The molecule has 0 aliphatic rings. The normalized spacial score (nSPS) is 13.5. The molecule has 1 unspecified atom stereocenters. The number of rotatable bonds is 9. The van der Waals surface area contributed by atoms with E-state index in [1.165, 1.54) is 0 Å². The minimum Gasteiger partial charge on any atom is -0.466 e. The number of aliphatic hydroxyl groups excluding tert-OH is 1. The van der Waals surface area contributed by atoms with Crippen LogP contribution in [0.5, 0.6) is 0 Å².